The number of nitrogens with one attached hydrogen (secondary N) is 3. The Morgan fingerprint density at radius 1 is 1.00 bits per heavy atom. The molecule has 0 aromatic heterocycles. The molecule has 2 aromatic rings. The molecule has 58 heavy (non-hydrogen) atoms. The summed E-state index contributed by atoms with van der Waals surface area (Å²) in [5.74, 6) is -4.03. The zero-order valence-corrected chi connectivity index (χ0v) is 32.9. The number of rotatable bonds is 5. The van der Waals surface area contributed by atoms with E-state index in [1.165, 1.54) is 17.0 Å². The van der Waals surface area contributed by atoms with Crippen LogP contribution in [-0.4, -0.2) is 84.0 Å². The zero-order chi connectivity index (χ0) is 42.2. The van der Waals surface area contributed by atoms with Crippen LogP contribution in [0.2, 0.25) is 0 Å². The van der Waals surface area contributed by atoms with Crippen molar-refractivity contribution in [3.63, 3.8) is 0 Å². The van der Waals surface area contributed by atoms with E-state index in [4.69, 9.17) is 9.47 Å². The first-order valence-corrected chi connectivity index (χ1v) is 20.4. The maximum Gasteiger partial charge on any atom is 0.416 e. The highest BCUT2D eigenvalue weighted by Gasteiger charge is 2.62. The molecule has 3 heterocycles. The lowest BCUT2D eigenvalue weighted by atomic mass is 10.0. The van der Waals surface area contributed by atoms with E-state index in [-0.39, 0.29) is 38.9 Å². The van der Waals surface area contributed by atoms with Crippen LogP contribution in [0.1, 0.15) is 82.4 Å². The van der Waals surface area contributed by atoms with Crippen LogP contribution in [0, 0.1) is 11.7 Å². The summed E-state index contributed by atoms with van der Waals surface area (Å²) in [6.07, 6.45) is -2.14. The van der Waals surface area contributed by atoms with E-state index in [2.05, 4.69) is 10.6 Å². The Morgan fingerprint density at radius 2 is 1.74 bits per heavy atom. The number of alkyl carbamates (subject to hydrolysis) is 1. The van der Waals surface area contributed by atoms with Gasteiger partial charge in [0.2, 0.25) is 11.8 Å². The number of sulfonamides is 1. The van der Waals surface area contributed by atoms with Gasteiger partial charge in [0.05, 0.1) is 23.5 Å². The Bertz CT molecular complexity index is 2110. The number of hydrogen-bond donors (Lipinski definition) is 3. The van der Waals surface area contributed by atoms with Crippen molar-refractivity contribution in [2.45, 2.75) is 119 Å². The first-order chi connectivity index (χ1) is 27.2. The van der Waals surface area contributed by atoms with Crippen LogP contribution in [0.15, 0.2) is 59.5 Å². The van der Waals surface area contributed by atoms with Crippen molar-refractivity contribution in [3.05, 3.63) is 77.1 Å². The van der Waals surface area contributed by atoms with Crippen LogP contribution in [0.25, 0.3) is 0 Å². The summed E-state index contributed by atoms with van der Waals surface area (Å²) in [5.41, 5.74) is -3.12. The standard InChI is InChI=1S/C39H45F4N5O9S/c1-37(2,3)57-35(52)44-30-16-8-6-4-5-7-12-25-19-38(25,34(51)46-58(54,55)27-14-10-13-24(17-27)39(41,42)43)45-32(49)31-18-26(21-48(31)33(30)50)56-36(53)47-20-23-11-9-15-29(40)28(23)22-47/h7,9-15,17,25-26,30-31H,4-6,8,16,18-22H2,1-3H3,(H,44,52)(H,45,49)(H,46,51)/b12-7-/t25-,26+,30-,31-,38+/m0/s1. The number of carbonyl (C=O) groups is 5. The molecule has 3 aliphatic heterocycles. The third-order valence-corrected chi connectivity index (χ3v) is 11.8. The quantitative estimate of drug-likeness (QED) is 0.274. The number of amides is 5. The van der Waals surface area contributed by atoms with Gasteiger partial charge in [0.15, 0.2) is 0 Å². The summed E-state index contributed by atoms with van der Waals surface area (Å²) in [6, 6.07) is 4.73. The average molecular weight is 836 g/mol. The highest BCUT2D eigenvalue weighted by molar-refractivity contribution is 7.90. The normalized spacial score (nSPS) is 25.8. The lowest BCUT2D eigenvalue weighted by molar-refractivity contribution is -0.141. The summed E-state index contributed by atoms with van der Waals surface area (Å²) in [5, 5.41) is 5.23. The van der Waals surface area contributed by atoms with Gasteiger partial charge in [-0.2, -0.15) is 13.2 Å². The number of carbonyl (C=O) groups excluding carboxylic acids is 5. The summed E-state index contributed by atoms with van der Waals surface area (Å²) in [7, 11) is -4.87. The third kappa shape index (κ3) is 9.56. The number of fused-ring (bicyclic) bond motifs is 3. The lowest BCUT2D eigenvalue weighted by Gasteiger charge is -2.30. The first-order valence-electron chi connectivity index (χ1n) is 18.9. The molecule has 0 spiro atoms. The fraction of sp³-hybridized carbons (Fsp3) is 0.513. The minimum Gasteiger partial charge on any atom is -0.444 e. The molecule has 0 radical (unpaired) electrons. The fourth-order valence-electron chi connectivity index (χ4n) is 7.45. The molecule has 5 atom stereocenters. The van der Waals surface area contributed by atoms with Gasteiger partial charge >= 0.3 is 18.4 Å². The molecule has 0 bridgehead atoms. The predicted octanol–water partition coefficient (Wildman–Crippen LogP) is 5.06. The topological polar surface area (TPSA) is 181 Å². The number of allylic oxidation sites excluding steroid dienone is 1. The summed E-state index contributed by atoms with van der Waals surface area (Å²) in [6.45, 7) is 4.62. The van der Waals surface area contributed by atoms with Gasteiger partial charge in [-0.1, -0.05) is 43.2 Å². The van der Waals surface area contributed by atoms with E-state index in [9.17, 15) is 50.0 Å². The molecule has 1 saturated heterocycles. The highest BCUT2D eigenvalue weighted by atomic mass is 32.2. The summed E-state index contributed by atoms with van der Waals surface area (Å²) < 4.78 is 94.3. The Labute approximate surface area is 332 Å². The minimum absolute atomic E-state index is 0.0586. The van der Waals surface area contributed by atoms with Crippen molar-refractivity contribution < 1.29 is 59.4 Å². The first kappa shape index (κ1) is 42.4. The van der Waals surface area contributed by atoms with Crippen LogP contribution < -0.4 is 15.4 Å². The number of alkyl halides is 3. The Kier molecular flexibility index (Phi) is 11.9. The van der Waals surface area contributed by atoms with Crippen molar-refractivity contribution in [1.29, 1.82) is 0 Å². The van der Waals surface area contributed by atoms with Crippen LogP contribution in [-0.2, 0) is 53.1 Å². The van der Waals surface area contributed by atoms with Gasteiger partial charge in [0, 0.05) is 24.4 Å². The largest absolute Gasteiger partial charge is 0.444 e. The SMILES string of the molecule is CC(C)(C)OC(=O)N[C@H]1CCCCC/C=C\[C@H]2C[C@@]2(C(=O)NS(=O)(=O)c2cccc(C(F)(F)F)c2)NC(=O)[C@@H]2C[C@@H](OC(=O)N3Cc4cccc(F)c4C3)CN2C1=O. The van der Waals surface area contributed by atoms with Crippen molar-refractivity contribution in [3.8, 4) is 0 Å². The van der Waals surface area contributed by atoms with Crippen molar-refractivity contribution in [2.24, 2.45) is 5.92 Å². The van der Waals surface area contributed by atoms with E-state index in [0.717, 1.165) is 17.0 Å². The molecule has 314 valence electrons. The van der Waals surface area contributed by atoms with E-state index in [1.807, 2.05) is 4.72 Å². The van der Waals surface area contributed by atoms with Crippen LogP contribution in [0.3, 0.4) is 0 Å². The van der Waals surface area contributed by atoms with Gasteiger partial charge in [-0.3, -0.25) is 19.3 Å². The van der Waals surface area contributed by atoms with Crippen molar-refractivity contribution >= 4 is 39.9 Å². The molecule has 14 nitrogen and oxygen atoms in total. The predicted molar refractivity (Wildman–Crippen MR) is 197 cm³/mol. The highest BCUT2D eigenvalue weighted by Crippen LogP contribution is 2.46. The van der Waals surface area contributed by atoms with E-state index >= 15 is 0 Å². The second kappa shape index (κ2) is 16.2. The summed E-state index contributed by atoms with van der Waals surface area (Å²) >= 11 is 0. The number of hydrogen-bond acceptors (Lipinski definition) is 9. The Balaban J connectivity index is 1.27. The van der Waals surface area contributed by atoms with E-state index < -0.39 is 97.6 Å². The molecule has 1 saturated carbocycles. The minimum atomic E-state index is -4.87. The van der Waals surface area contributed by atoms with Gasteiger partial charge in [-0.15, -0.1) is 0 Å². The maximum absolute atomic E-state index is 14.5. The molecule has 19 heteroatoms. The second-order valence-electron chi connectivity index (χ2n) is 16.0. The molecular weight excluding hydrogens is 791 g/mol. The molecule has 2 fully saturated rings. The fourth-order valence-corrected chi connectivity index (χ4v) is 8.54. The zero-order valence-electron chi connectivity index (χ0n) is 32.1. The molecule has 0 unspecified atom stereocenters. The van der Waals surface area contributed by atoms with E-state index in [1.54, 1.807) is 39.0 Å². The Hall–Kier alpha value is -5.20. The van der Waals surface area contributed by atoms with Gasteiger partial charge in [0.1, 0.15) is 35.1 Å². The number of nitrogens with zero attached hydrogens (tertiary/aromatic N) is 2. The maximum atomic E-state index is 14.5. The van der Waals surface area contributed by atoms with Gasteiger partial charge < -0.3 is 25.0 Å². The van der Waals surface area contributed by atoms with Crippen LogP contribution in [0.5, 0.6) is 0 Å². The smallest absolute Gasteiger partial charge is 0.416 e. The molecule has 3 N–H and O–H groups in total. The molecular formula is C39H45F4N5O9S. The van der Waals surface area contributed by atoms with Crippen molar-refractivity contribution in [2.75, 3.05) is 6.54 Å². The van der Waals surface area contributed by atoms with Gasteiger partial charge in [-0.05, 0) is 76.3 Å². The van der Waals surface area contributed by atoms with Crippen LogP contribution >= 0.6 is 0 Å². The Morgan fingerprint density at radius 3 is 2.45 bits per heavy atom. The van der Waals surface area contributed by atoms with Crippen molar-refractivity contribution in [1.82, 2.24) is 25.2 Å². The number of ether oxygens (including phenoxy) is 2. The number of halogens is 4. The van der Waals surface area contributed by atoms with Crippen LogP contribution in [0.4, 0.5) is 27.2 Å². The lowest BCUT2D eigenvalue weighted by Crippen LogP contribution is -2.58. The summed E-state index contributed by atoms with van der Waals surface area (Å²) in [4.78, 5) is 70.5. The molecule has 1 aliphatic carbocycles. The van der Waals surface area contributed by atoms with E-state index in [0.29, 0.717) is 48.9 Å². The number of benzene rings is 2. The third-order valence-electron chi connectivity index (χ3n) is 10.5. The molecule has 2 aromatic carbocycles. The second-order valence-corrected chi connectivity index (χ2v) is 17.7. The average Bonchev–Trinajstić information content (AvgIpc) is 3.42. The monoisotopic (exact) mass is 835 g/mol. The molecule has 4 aliphatic rings. The van der Waals surface area contributed by atoms with Gasteiger partial charge in [0.25, 0.3) is 15.9 Å². The molecule has 5 amide bonds. The molecule has 6 rings (SSSR count). The van der Waals surface area contributed by atoms with Gasteiger partial charge in [-0.25, -0.2) is 27.1 Å².